The molecule has 0 aromatic carbocycles. The van der Waals surface area contributed by atoms with Gasteiger partial charge in [-0.1, -0.05) is 0 Å². The van der Waals surface area contributed by atoms with Gasteiger partial charge in [0.25, 0.3) is 0 Å². The summed E-state index contributed by atoms with van der Waals surface area (Å²) in [6, 6.07) is -0.0560. The third-order valence-corrected chi connectivity index (χ3v) is 2.17. The summed E-state index contributed by atoms with van der Waals surface area (Å²) < 4.78 is 0. The number of rotatable bonds is 1. The minimum Gasteiger partial charge on any atom is -0.481 e. The Bertz CT molecular complexity index is 165. The molecule has 0 aromatic rings. The summed E-state index contributed by atoms with van der Waals surface area (Å²) in [5, 5.41) is 17.8. The molecule has 1 fully saturated rings. The highest BCUT2D eigenvalue weighted by Gasteiger charge is 2.32. The van der Waals surface area contributed by atoms with Crippen LogP contribution < -0.4 is 5.73 Å². The molecule has 0 amide bonds. The van der Waals surface area contributed by atoms with Crippen LogP contribution in [0, 0.1) is 5.92 Å². The molecule has 72 valence electrons. The molecule has 0 bridgehead atoms. The van der Waals surface area contributed by atoms with Crippen LogP contribution in [-0.4, -0.2) is 28.3 Å². The van der Waals surface area contributed by atoms with E-state index >= 15 is 0 Å². The molecule has 12 heavy (non-hydrogen) atoms. The maximum absolute atomic E-state index is 10.5. The SMILES string of the molecule is Cl.NC1CCC(O)C(C(=O)O)C1. The smallest absolute Gasteiger partial charge is 0.309 e. The van der Waals surface area contributed by atoms with E-state index in [0.29, 0.717) is 12.8 Å². The molecule has 3 atom stereocenters. The molecule has 0 saturated heterocycles. The lowest BCUT2D eigenvalue weighted by atomic mass is 9.84. The van der Waals surface area contributed by atoms with Crippen molar-refractivity contribution in [1.82, 2.24) is 0 Å². The molecule has 0 aliphatic heterocycles. The van der Waals surface area contributed by atoms with E-state index in [1.807, 2.05) is 0 Å². The summed E-state index contributed by atoms with van der Waals surface area (Å²) in [5.74, 6) is -1.59. The number of nitrogens with two attached hydrogens (primary N) is 1. The Morgan fingerprint density at radius 1 is 1.42 bits per heavy atom. The Balaban J connectivity index is 0.00000121. The minimum absolute atomic E-state index is 0. The number of carboxylic acids is 1. The second-order valence-corrected chi connectivity index (χ2v) is 3.09. The first kappa shape index (κ1) is 11.7. The summed E-state index contributed by atoms with van der Waals surface area (Å²) in [7, 11) is 0. The van der Waals surface area contributed by atoms with Gasteiger partial charge in [0.15, 0.2) is 0 Å². The van der Waals surface area contributed by atoms with E-state index < -0.39 is 18.0 Å². The maximum Gasteiger partial charge on any atom is 0.309 e. The number of carbonyl (C=O) groups is 1. The van der Waals surface area contributed by atoms with Crippen LogP contribution in [-0.2, 0) is 4.79 Å². The highest BCUT2D eigenvalue weighted by molar-refractivity contribution is 5.85. The third kappa shape index (κ3) is 2.62. The Labute approximate surface area is 77.2 Å². The number of aliphatic hydroxyl groups is 1. The van der Waals surface area contributed by atoms with Crippen molar-refractivity contribution < 1.29 is 15.0 Å². The van der Waals surface area contributed by atoms with Gasteiger partial charge in [0.1, 0.15) is 0 Å². The van der Waals surface area contributed by atoms with Gasteiger partial charge in [-0.25, -0.2) is 0 Å². The van der Waals surface area contributed by atoms with Crippen molar-refractivity contribution in [2.24, 2.45) is 11.7 Å². The molecule has 1 aliphatic carbocycles. The second-order valence-electron chi connectivity index (χ2n) is 3.09. The van der Waals surface area contributed by atoms with Gasteiger partial charge in [-0.2, -0.15) is 0 Å². The van der Waals surface area contributed by atoms with Crippen molar-refractivity contribution in [2.75, 3.05) is 0 Å². The maximum atomic E-state index is 10.5. The van der Waals surface area contributed by atoms with Crippen molar-refractivity contribution in [2.45, 2.75) is 31.4 Å². The minimum atomic E-state index is -0.937. The number of halogens is 1. The number of hydrogen-bond acceptors (Lipinski definition) is 3. The van der Waals surface area contributed by atoms with E-state index in [-0.39, 0.29) is 18.4 Å². The average Bonchev–Trinajstić information content (AvgIpc) is 1.94. The molecule has 0 heterocycles. The number of aliphatic carboxylic acids is 1. The van der Waals surface area contributed by atoms with Crippen LogP contribution in [0.25, 0.3) is 0 Å². The van der Waals surface area contributed by atoms with Gasteiger partial charge in [-0.15, -0.1) is 12.4 Å². The molecule has 4 N–H and O–H groups in total. The van der Waals surface area contributed by atoms with Gasteiger partial charge in [-0.05, 0) is 19.3 Å². The van der Waals surface area contributed by atoms with E-state index in [2.05, 4.69) is 0 Å². The fourth-order valence-corrected chi connectivity index (χ4v) is 1.45. The Morgan fingerprint density at radius 2 is 2.00 bits per heavy atom. The van der Waals surface area contributed by atoms with Gasteiger partial charge in [0, 0.05) is 6.04 Å². The number of carboxylic acid groups (broad SMARTS) is 1. The molecule has 3 unspecified atom stereocenters. The highest BCUT2D eigenvalue weighted by Crippen LogP contribution is 2.23. The Morgan fingerprint density at radius 3 is 2.42 bits per heavy atom. The summed E-state index contributed by atoms with van der Waals surface area (Å²) in [5.41, 5.74) is 5.55. The molecule has 0 spiro atoms. The topological polar surface area (TPSA) is 83.5 Å². The fraction of sp³-hybridized carbons (Fsp3) is 0.857. The summed E-state index contributed by atoms with van der Waals surface area (Å²) in [6.07, 6.45) is 0.937. The molecular formula is C7H14ClNO3. The predicted molar refractivity (Wildman–Crippen MR) is 46.2 cm³/mol. The number of aliphatic hydroxyl groups excluding tert-OH is 1. The molecule has 1 aliphatic rings. The van der Waals surface area contributed by atoms with Crippen LogP contribution in [0.1, 0.15) is 19.3 Å². The van der Waals surface area contributed by atoms with Crippen LogP contribution in [0.5, 0.6) is 0 Å². The van der Waals surface area contributed by atoms with Crippen LogP contribution in [0.2, 0.25) is 0 Å². The van der Waals surface area contributed by atoms with Crippen molar-refractivity contribution in [3.63, 3.8) is 0 Å². The van der Waals surface area contributed by atoms with Crippen LogP contribution in [0.3, 0.4) is 0 Å². The Hall–Kier alpha value is -0.320. The first-order valence-corrected chi connectivity index (χ1v) is 3.77. The summed E-state index contributed by atoms with van der Waals surface area (Å²) >= 11 is 0. The quantitative estimate of drug-likeness (QED) is 0.549. The van der Waals surface area contributed by atoms with E-state index in [1.54, 1.807) is 0 Å². The lowest BCUT2D eigenvalue weighted by Gasteiger charge is -2.28. The van der Waals surface area contributed by atoms with Crippen LogP contribution in [0.15, 0.2) is 0 Å². The molecular weight excluding hydrogens is 182 g/mol. The normalized spacial score (nSPS) is 35.3. The second kappa shape index (κ2) is 4.64. The van der Waals surface area contributed by atoms with Crippen LogP contribution >= 0.6 is 12.4 Å². The van der Waals surface area contributed by atoms with Gasteiger partial charge < -0.3 is 15.9 Å². The van der Waals surface area contributed by atoms with Crippen molar-refractivity contribution >= 4 is 18.4 Å². The van der Waals surface area contributed by atoms with Crippen LogP contribution in [0.4, 0.5) is 0 Å². The van der Waals surface area contributed by atoms with E-state index in [0.717, 1.165) is 6.42 Å². The number of hydrogen-bond donors (Lipinski definition) is 3. The van der Waals surface area contributed by atoms with Gasteiger partial charge in [0.05, 0.1) is 12.0 Å². The monoisotopic (exact) mass is 195 g/mol. The standard InChI is InChI=1S/C7H13NO3.ClH/c8-4-1-2-6(9)5(3-4)7(10)11;/h4-6,9H,1-3,8H2,(H,10,11);1H. The average molecular weight is 196 g/mol. The zero-order valence-corrected chi connectivity index (χ0v) is 7.46. The largest absolute Gasteiger partial charge is 0.481 e. The van der Waals surface area contributed by atoms with E-state index in [4.69, 9.17) is 10.8 Å². The molecule has 5 heteroatoms. The van der Waals surface area contributed by atoms with Gasteiger partial charge >= 0.3 is 5.97 Å². The first-order valence-electron chi connectivity index (χ1n) is 3.77. The van der Waals surface area contributed by atoms with Crippen molar-refractivity contribution in [3.8, 4) is 0 Å². The van der Waals surface area contributed by atoms with E-state index in [9.17, 15) is 9.90 Å². The Kier molecular flexibility index (Phi) is 4.52. The van der Waals surface area contributed by atoms with Crippen molar-refractivity contribution in [3.05, 3.63) is 0 Å². The van der Waals surface area contributed by atoms with E-state index in [1.165, 1.54) is 0 Å². The predicted octanol–water partition coefficient (Wildman–Crippen LogP) is -0.0189. The zero-order valence-electron chi connectivity index (χ0n) is 6.64. The van der Waals surface area contributed by atoms with Gasteiger partial charge in [0.2, 0.25) is 0 Å². The third-order valence-electron chi connectivity index (χ3n) is 2.17. The van der Waals surface area contributed by atoms with Gasteiger partial charge in [-0.3, -0.25) is 4.79 Å². The molecule has 1 saturated carbocycles. The fourth-order valence-electron chi connectivity index (χ4n) is 1.45. The molecule has 0 aromatic heterocycles. The first-order chi connectivity index (χ1) is 5.11. The molecule has 0 radical (unpaired) electrons. The molecule has 4 nitrogen and oxygen atoms in total. The summed E-state index contributed by atoms with van der Waals surface area (Å²) in [4.78, 5) is 10.5. The summed E-state index contributed by atoms with van der Waals surface area (Å²) in [6.45, 7) is 0. The zero-order chi connectivity index (χ0) is 8.43. The lowest BCUT2D eigenvalue weighted by molar-refractivity contribution is -0.147. The lowest BCUT2D eigenvalue weighted by Crippen LogP contribution is -2.40. The van der Waals surface area contributed by atoms with Crippen molar-refractivity contribution in [1.29, 1.82) is 0 Å². The highest BCUT2D eigenvalue weighted by atomic mass is 35.5. The molecule has 1 rings (SSSR count).